The first-order chi connectivity index (χ1) is 9.95. The zero-order valence-electron chi connectivity index (χ0n) is 11.4. The van der Waals surface area contributed by atoms with E-state index in [1.165, 1.54) is 35.5 Å². The van der Waals surface area contributed by atoms with Gasteiger partial charge in [0, 0.05) is 6.20 Å². The second kappa shape index (κ2) is 6.64. The van der Waals surface area contributed by atoms with Gasteiger partial charge in [-0.3, -0.25) is 19.9 Å². The first kappa shape index (κ1) is 15.4. The molecule has 0 aliphatic heterocycles. The summed E-state index contributed by atoms with van der Waals surface area (Å²) in [5.41, 5.74) is 6.81. The van der Waals surface area contributed by atoms with Gasteiger partial charge in [-0.15, -0.1) is 11.8 Å². The largest absolute Gasteiger partial charge is 0.369 e. The van der Waals surface area contributed by atoms with E-state index in [9.17, 15) is 9.59 Å². The number of hydrogen-bond acceptors (Lipinski definition) is 7. The molecule has 0 bridgehead atoms. The maximum Gasteiger partial charge on any atom is 0.277 e. The highest BCUT2D eigenvalue weighted by atomic mass is 32.2. The van der Waals surface area contributed by atoms with E-state index in [1.54, 1.807) is 13.8 Å². The Morgan fingerprint density at radius 3 is 2.71 bits per heavy atom. The number of carbonyl (C=O) groups is 2. The number of aromatic nitrogens is 3. The molecule has 0 saturated heterocycles. The quantitative estimate of drug-likeness (QED) is 0.804. The molecule has 0 unspecified atom stereocenters. The lowest BCUT2D eigenvalue weighted by Crippen LogP contribution is -2.13. The van der Waals surface area contributed by atoms with Crippen molar-refractivity contribution in [2.24, 2.45) is 5.73 Å². The highest BCUT2D eigenvalue weighted by Crippen LogP contribution is 2.31. The molecule has 0 fully saturated rings. The molecule has 0 atom stereocenters. The lowest BCUT2D eigenvalue weighted by molar-refractivity contribution is -0.115. The Morgan fingerprint density at radius 2 is 2.10 bits per heavy atom. The number of nitrogens with one attached hydrogen (secondary N) is 1. The Bertz CT molecular complexity index is 669. The van der Waals surface area contributed by atoms with Crippen molar-refractivity contribution in [2.45, 2.75) is 18.1 Å². The first-order valence-electron chi connectivity index (χ1n) is 5.94. The number of rotatable bonds is 5. The van der Waals surface area contributed by atoms with Crippen molar-refractivity contribution in [3.8, 4) is 0 Å². The van der Waals surface area contributed by atoms with Crippen LogP contribution in [0.25, 0.3) is 0 Å². The molecule has 0 aromatic carbocycles. The van der Waals surface area contributed by atoms with Crippen LogP contribution in [0.1, 0.15) is 21.9 Å². The fourth-order valence-corrected chi connectivity index (χ4v) is 3.25. The van der Waals surface area contributed by atoms with Crippen molar-refractivity contribution in [1.82, 2.24) is 15.0 Å². The minimum Gasteiger partial charge on any atom is -0.369 e. The van der Waals surface area contributed by atoms with E-state index in [4.69, 9.17) is 5.73 Å². The van der Waals surface area contributed by atoms with Crippen LogP contribution in [0.15, 0.2) is 16.6 Å². The molecule has 0 saturated carbocycles. The summed E-state index contributed by atoms with van der Waals surface area (Å²) >= 11 is 2.59. The van der Waals surface area contributed by atoms with E-state index < -0.39 is 5.91 Å². The molecule has 0 spiro atoms. The Hall–Kier alpha value is -2.00. The van der Waals surface area contributed by atoms with Crippen molar-refractivity contribution in [2.75, 3.05) is 11.1 Å². The summed E-state index contributed by atoms with van der Waals surface area (Å²) in [6.45, 7) is 3.60. The molecule has 0 aliphatic carbocycles. The monoisotopic (exact) mass is 323 g/mol. The lowest BCUT2D eigenvalue weighted by Gasteiger charge is -2.00. The average Bonchev–Trinajstić information content (AvgIpc) is 2.77. The van der Waals surface area contributed by atoms with E-state index >= 15 is 0 Å². The fourth-order valence-electron chi connectivity index (χ4n) is 1.38. The molecule has 9 heteroatoms. The number of anilines is 1. The number of nitrogens with zero attached hydrogens (tertiary/aromatic N) is 3. The normalized spacial score (nSPS) is 10.4. The minimum absolute atomic E-state index is 0.180. The average molecular weight is 323 g/mol. The molecule has 0 aliphatic rings. The van der Waals surface area contributed by atoms with Gasteiger partial charge in [-0.25, -0.2) is 9.97 Å². The third-order valence-corrected chi connectivity index (χ3v) is 4.79. The third-order valence-electron chi connectivity index (χ3n) is 2.33. The van der Waals surface area contributed by atoms with Gasteiger partial charge >= 0.3 is 0 Å². The van der Waals surface area contributed by atoms with Crippen LogP contribution >= 0.6 is 23.1 Å². The summed E-state index contributed by atoms with van der Waals surface area (Å²) in [4.78, 5) is 35.0. The van der Waals surface area contributed by atoms with Gasteiger partial charge in [0.15, 0.2) is 5.13 Å². The van der Waals surface area contributed by atoms with Crippen LogP contribution in [-0.2, 0) is 4.79 Å². The molecule has 21 heavy (non-hydrogen) atoms. The van der Waals surface area contributed by atoms with Crippen molar-refractivity contribution < 1.29 is 9.59 Å². The van der Waals surface area contributed by atoms with Gasteiger partial charge in [0.25, 0.3) is 5.91 Å². The minimum atomic E-state index is -0.395. The molecule has 2 aromatic rings. The molecule has 2 rings (SSSR count). The van der Waals surface area contributed by atoms with Crippen LogP contribution in [0.3, 0.4) is 0 Å². The zero-order chi connectivity index (χ0) is 15.4. The first-order valence-corrected chi connectivity index (χ1v) is 7.74. The number of hydrogen-bond donors (Lipinski definition) is 2. The number of thiazole rings is 1. The Labute approximate surface area is 129 Å². The smallest absolute Gasteiger partial charge is 0.277 e. The van der Waals surface area contributed by atoms with E-state index in [2.05, 4.69) is 20.3 Å². The summed E-state index contributed by atoms with van der Waals surface area (Å²) in [5, 5.41) is 3.11. The maximum absolute atomic E-state index is 12.0. The number of nitrogens with two attached hydrogens (primary N) is 1. The van der Waals surface area contributed by atoms with Gasteiger partial charge in [-0.1, -0.05) is 11.3 Å². The van der Waals surface area contributed by atoms with Crippen LogP contribution in [0.4, 0.5) is 5.13 Å². The highest BCUT2D eigenvalue weighted by molar-refractivity contribution is 8.01. The van der Waals surface area contributed by atoms with Gasteiger partial charge in [-0.05, 0) is 13.8 Å². The Kier molecular flexibility index (Phi) is 4.86. The Balaban J connectivity index is 2.05. The van der Waals surface area contributed by atoms with Crippen LogP contribution in [-0.4, -0.2) is 32.5 Å². The predicted octanol–water partition coefficient (Wildman–Crippen LogP) is 1.38. The van der Waals surface area contributed by atoms with Crippen LogP contribution in [0.2, 0.25) is 0 Å². The molecule has 7 nitrogen and oxygen atoms in total. The SMILES string of the molecule is Cc1cnc(C(=O)Nc2nc(C)c(SCC(N)=O)s2)cn1. The van der Waals surface area contributed by atoms with Gasteiger partial charge in [0.1, 0.15) is 5.69 Å². The predicted molar refractivity (Wildman–Crippen MR) is 81.5 cm³/mol. The summed E-state index contributed by atoms with van der Waals surface area (Å²) in [6.07, 6.45) is 2.93. The summed E-state index contributed by atoms with van der Waals surface area (Å²) in [6, 6.07) is 0. The molecule has 110 valence electrons. The zero-order valence-corrected chi connectivity index (χ0v) is 13.0. The molecular formula is C12H13N5O2S2. The van der Waals surface area contributed by atoms with E-state index in [0.717, 1.165) is 15.6 Å². The Morgan fingerprint density at radius 1 is 1.33 bits per heavy atom. The van der Waals surface area contributed by atoms with E-state index in [-0.39, 0.29) is 17.4 Å². The molecular weight excluding hydrogens is 310 g/mol. The third kappa shape index (κ3) is 4.23. The lowest BCUT2D eigenvalue weighted by atomic mass is 10.4. The number of thioether (sulfide) groups is 1. The van der Waals surface area contributed by atoms with Crippen molar-refractivity contribution in [3.63, 3.8) is 0 Å². The second-order valence-electron chi connectivity index (χ2n) is 4.14. The number of amides is 2. The van der Waals surface area contributed by atoms with Crippen molar-refractivity contribution >= 4 is 40.0 Å². The fraction of sp³-hybridized carbons (Fsp3) is 0.250. The van der Waals surface area contributed by atoms with Gasteiger partial charge < -0.3 is 5.73 Å². The van der Waals surface area contributed by atoms with Gasteiger partial charge in [0.2, 0.25) is 5.91 Å². The van der Waals surface area contributed by atoms with Crippen molar-refractivity contribution in [1.29, 1.82) is 0 Å². The van der Waals surface area contributed by atoms with Gasteiger partial charge in [0.05, 0.1) is 27.5 Å². The standard InChI is InChI=1S/C12H13N5O2S2/c1-6-3-15-8(4-14-6)10(19)17-12-16-7(2)11(21-12)20-5-9(13)18/h3-4H,5H2,1-2H3,(H2,13,18)(H,16,17,19). The molecule has 2 amide bonds. The van der Waals surface area contributed by atoms with E-state index in [1.807, 2.05) is 0 Å². The van der Waals surface area contributed by atoms with Crippen LogP contribution < -0.4 is 11.1 Å². The maximum atomic E-state index is 12.0. The number of carbonyl (C=O) groups excluding carboxylic acids is 2. The molecule has 2 heterocycles. The topological polar surface area (TPSA) is 111 Å². The second-order valence-corrected chi connectivity index (χ2v) is 6.39. The number of aryl methyl sites for hydroxylation is 2. The van der Waals surface area contributed by atoms with Gasteiger partial charge in [-0.2, -0.15) is 0 Å². The summed E-state index contributed by atoms with van der Waals surface area (Å²) < 4.78 is 0.846. The summed E-state index contributed by atoms with van der Waals surface area (Å²) in [7, 11) is 0. The molecule has 3 N–H and O–H groups in total. The molecule has 2 aromatic heterocycles. The van der Waals surface area contributed by atoms with Crippen molar-refractivity contribution in [3.05, 3.63) is 29.5 Å². The van der Waals surface area contributed by atoms with E-state index in [0.29, 0.717) is 5.13 Å². The summed E-state index contributed by atoms with van der Waals surface area (Å²) in [5.74, 6) is -0.587. The highest BCUT2D eigenvalue weighted by Gasteiger charge is 2.13. The number of primary amides is 1. The van der Waals surface area contributed by atoms with Crippen LogP contribution in [0, 0.1) is 13.8 Å². The molecule has 0 radical (unpaired) electrons. The van der Waals surface area contributed by atoms with Crippen LogP contribution in [0.5, 0.6) is 0 Å².